The molecule has 3 fully saturated rings. The van der Waals surface area contributed by atoms with Gasteiger partial charge in [-0.25, -0.2) is 4.79 Å². The van der Waals surface area contributed by atoms with Crippen molar-refractivity contribution in [2.45, 2.75) is 69.3 Å². The first kappa shape index (κ1) is 28.1. The first-order valence-electron chi connectivity index (χ1n) is 10.2. The van der Waals surface area contributed by atoms with E-state index in [9.17, 15) is 34.4 Å². The number of nitrogens with one attached hydrogen (secondary N) is 3. The standard InChI is InChI=1S/C17H31N4O9P.Na/c1-7-3-9-10(4-8(7)2)21(15-13(18-9)16(25)20-17(26)19-15)5-11(22)14(24)12(23)6-30-31(27,28)29;/h7-15,18,22-24H,3-6H2,1-2H3,(H2,27,28,29)(H2,19,20,25,26);/q;+1/p-1. The largest absolute Gasteiger partial charge is 1.00 e. The zero-order valence-corrected chi connectivity index (χ0v) is 21.1. The van der Waals surface area contributed by atoms with Crippen LogP contribution in [0, 0.1) is 11.8 Å². The fourth-order valence-corrected chi connectivity index (χ4v) is 5.02. The third-order valence-electron chi connectivity index (χ3n) is 6.56. The third-order valence-corrected chi connectivity index (χ3v) is 7.04. The van der Waals surface area contributed by atoms with E-state index in [1.54, 1.807) is 4.90 Å². The van der Waals surface area contributed by atoms with Crippen molar-refractivity contribution in [2.24, 2.45) is 11.8 Å². The van der Waals surface area contributed by atoms with Crippen LogP contribution in [-0.4, -0.2) is 92.8 Å². The minimum atomic E-state index is -5.10. The Morgan fingerprint density at radius 2 is 1.81 bits per heavy atom. The minimum Gasteiger partial charge on any atom is -0.756 e. The maximum Gasteiger partial charge on any atom is 1.00 e. The molecule has 0 radical (unpaired) electrons. The quantitative estimate of drug-likeness (QED) is 0.133. The number of aliphatic hydroxyl groups is 3. The van der Waals surface area contributed by atoms with Gasteiger partial charge in [-0.1, -0.05) is 13.8 Å². The molecule has 2 saturated heterocycles. The number of carbonyl (C=O) groups is 2. The fraction of sp³-hybridized carbons (Fsp3) is 0.882. The Bertz CT molecular complexity index is 743. The number of hydrogen-bond acceptors (Lipinski definition) is 10. The second-order valence-corrected chi connectivity index (χ2v) is 9.93. The van der Waals surface area contributed by atoms with Crippen molar-refractivity contribution in [1.29, 1.82) is 0 Å². The Hall–Kier alpha value is -0.150. The van der Waals surface area contributed by atoms with Crippen molar-refractivity contribution in [2.75, 3.05) is 13.2 Å². The van der Waals surface area contributed by atoms with E-state index < -0.39 is 56.9 Å². The van der Waals surface area contributed by atoms with Gasteiger partial charge in [0.05, 0.1) is 12.7 Å². The van der Waals surface area contributed by atoms with Gasteiger partial charge in [-0.3, -0.25) is 24.9 Å². The molecule has 178 valence electrons. The van der Waals surface area contributed by atoms with E-state index in [1.165, 1.54) is 0 Å². The van der Waals surface area contributed by atoms with Gasteiger partial charge < -0.3 is 34.9 Å². The number of imide groups is 1. The van der Waals surface area contributed by atoms with E-state index >= 15 is 0 Å². The summed E-state index contributed by atoms with van der Waals surface area (Å²) in [7, 11) is -5.10. The summed E-state index contributed by atoms with van der Waals surface area (Å²) in [4.78, 5) is 45.4. The second kappa shape index (κ2) is 11.1. The molecule has 32 heavy (non-hydrogen) atoms. The number of urea groups is 1. The van der Waals surface area contributed by atoms with Crippen LogP contribution in [0.15, 0.2) is 0 Å². The fourth-order valence-electron chi connectivity index (χ4n) is 4.68. The monoisotopic (exact) mass is 488 g/mol. The molecule has 15 heteroatoms. The average molecular weight is 488 g/mol. The molecule has 2 aliphatic heterocycles. The molecule has 2 heterocycles. The summed E-state index contributed by atoms with van der Waals surface area (Å²) in [6.07, 6.45) is -4.44. The maximum absolute atomic E-state index is 12.4. The van der Waals surface area contributed by atoms with Gasteiger partial charge >= 0.3 is 35.6 Å². The Balaban J connectivity index is 0.00000363. The number of amides is 3. The Kier molecular flexibility index (Phi) is 9.71. The average Bonchev–Trinajstić information content (AvgIpc) is 2.67. The van der Waals surface area contributed by atoms with Crippen LogP contribution in [0.1, 0.15) is 26.7 Å². The molecule has 0 spiro atoms. The zero-order valence-electron chi connectivity index (χ0n) is 18.2. The van der Waals surface area contributed by atoms with Gasteiger partial charge in [-0.2, -0.15) is 0 Å². The number of phosphoric ester groups is 1. The normalized spacial score (nSPS) is 37.5. The molecular weight excluding hydrogens is 458 g/mol. The van der Waals surface area contributed by atoms with Crippen LogP contribution in [0.25, 0.3) is 0 Å². The Morgan fingerprint density at radius 3 is 2.44 bits per heavy atom. The number of hydrogen-bond donors (Lipinski definition) is 7. The van der Waals surface area contributed by atoms with Crippen molar-refractivity contribution in [3.63, 3.8) is 0 Å². The van der Waals surface area contributed by atoms with Crippen molar-refractivity contribution >= 4 is 19.8 Å². The van der Waals surface area contributed by atoms with Crippen LogP contribution >= 0.6 is 7.82 Å². The topological polar surface area (TPSA) is 204 Å². The summed E-state index contributed by atoms with van der Waals surface area (Å²) < 4.78 is 14.8. The minimum absolute atomic E-state index is 0. The van der Waals surface area contributed by atoms with E-state index in [2.05, 4.69) is 34.3 Å². The zero-order chi connectivity index (χ0) is 23.1. The molecule has 3 aliphatic rings. The smallest absolute Gasteiger partial charge is 0.756 e. The summed E-state index contributed by atoms with van der Waals surface area (Å²) in [6, 6.07) is -1.69. The number of nitrogens with zero attached hydrogens (tertiary/aromatic N) is 1. The van der Waals surface area contributed by atoms with Crippen molar-refractivity contribution in [3.8, 4) is 0 Å². The Labute approximate surface area is 207 Å². The molecule has 0 bridgehead atoms. The van der Waals surface area contributed by atoms with Crippen LogP contribution in [0.3, 0.4) is 0 Å². The van der Waals surface area contributed by atoms with Crippen molar-refractivity contribution < 1.29 is 73.3 Å². The summed E-state index contributed by atoms with van der Waals surface area (Å²) in [6.45, 7) is 3.07. The Morgan fingerprint density at radius 1 is 1.19 bits per heavy atom. The molecule has 3 amide bonds. The predicted molar refractivity (Wildman–Crippen MR) is 103 cm³/mol. The van der Waals surface area contributed by atoms with Gasteiger partial charge in [-0.15, -0.1) is 0 Å². The van der Waals surface area contributed by atoms with Crippen molar-refractivity contribution in [1.82, 2.24) is 20.9 Å². The second-order valence-electron chi connectivity index (χ2n) is 8.74. The van der Waals surface area contributed by atoms with E-state index in [1.807, 2.05) is 0 Å². The van der Waals surface area contributed by atoms with Crippen LogP contribution in [-0.2, 0) is 13.9 Å². The molecule has 10 atom stereocenters. The first-order chi connectivity index (χ1) is 14.4. The summed E-state index contributed by atoms with van der Waals surface area (Å²) in [5, 5.41) is 38.9. The molecule has 1 aliphatic carbocycles. The number of fused-ring (bicyclic) bond motifs is 2. The van der Waals surface area contributed by atoms with Crippen LogP contribution in [0.2, 0.25) is 0 Å². The molecular formula is C17H30N4NaO9P. The number of β-amino-alcohol motifs (C(OH)–C–C–N with tert-alkyl or cyclic N) is 1. The predicted octanol–water partition coefficient (Wildman–Crippen LogP) is -6.21. The molecule has 0 aromatic carbocycles. The molecule has 13 nitrogen and oxygen atoms in total. The van der Waals surface area contributed by atoms with Crippen LogP contribution < -0.4 is 50.4 Å². The summed E-state index contributed by atoms with van der Waals surface area (Å²) in [5.74, 6) is 0.234. The number of phosphoric acid groups is 1. The molecule has 0 aromatic heterocycles. The molecule has 0 aromatic rings. The number of carbonyl (C=O) groups excluding carboxylic acids is 2. The number of aliphatic hydroxyl groups excluding tert-OH is 3. The van der Waals surface area contributed by atoms with E-state index in [-0.39, 0.29) is 48.2 Å². The van der Waals surface area contributed by atoms with Gasteiger partial charge in [0.2, 0.25) is 5.91 Å². The number of piperazine rings is 1. The van der Waals surface area contributed by atoms with Crippen LogP contribution in [0.5, 0.6) is 0 Å². The molecule has 10 unspecified atom stereocenters. The van der Waals surface area contributed by atoms with E-state index in [4.69, 9.17) is 4.89 Å². The summed E-state index contributed by atoms with van der Waals surface area (Å²) >= 11 is 0. The van der Waals surface area contributed by atoms with E-state index in [0.29, 0.717) is 11.8 Å². The van der Waals surface area contributed by atoms with Gasteiger partial charge in [0, 0.05) is 18.6 Å². The van der Waals surface area contributed by atoms with Gasteiger partial charge in [0.15, 0.2) is 0 Å². The summed E-state index contributed by atoms with van der Waals surface area (Å²) in [5.41, 5.74) is 0. The van der Waals surface area contributed by atoms with Gasteiger partial charge in [0.25, 0.3) is 7.82 Å². The molecule has 3 rings (SSSR count). The third kappa shape index (κ3) is 6.49. The van der Waals surface area contributed by atoms with Gasteiger partial charge in [0.1, 0.15) is 24.4 Å². The SMILES string of the molecule is CC1CC2NC3C(=O)NC(=O)NC3N(CC(O)C(O)C(O)COP(=O)([O-])O)C2CC1C.[Na+]. The number of rotatable bonds is 7. The van der Waals surface area contributed by atoms with Crippen LogP contribution in [0.4, 0.5) is 4.79 Å². The maximum atomic E-state index is 12.4. The molecule has 1 saturated carbocycles. The van der Waals surface area contributed by atoms with Crippen molar-refractivity contribution in [3.05, 3.63) is 0 Å². The van der Waals surface area contributed by atoms with E-state index in [0.717, 1.165) is 12.8 Å². The first-order valence-corrected chi connectivity index (χ1v) is 11.7. The molecule has 7 N–H and O–H groups in total. The van der Waals surface area contributed by atoms with Gasteiger partial charge in [-0.05, 0) is 24.7 Å².